The summed E-state index contributed by atoms with van der Waals surface area (Å²) in [4.78, 5) is 3.82. The Hall–Kier alpha value is 0.510. The molecule has 0 aliphatic carbocycles. The molecule has 0 bridgehead atoms. The Morgan fingerprint density at radius 3 is 2.69 bits per heavy atom. The minimum atomic E-state index is -2.53. The fourth-order valence-electron chi connectivity index (χ4n) is 0.792. The first kappa shape index (κ1) is 11.6. The second-order valence-electron chi connectivity index (χ2n) is 2.23. The summed E-state index contributed by atoms with van der Waals surface area (Å²) in [5, 5.41) is 0. The number of aromatic nitrogens is 1. The minimum Gasteiger partial charge on any atom is -0.249 e. The topological polar surface area (TPSA) is 12.9 Å². The Morgan fingerprint density at radius 1 is 1.62 bits per heavy atom. The van der Waals surface area contributed by atoms with Crippen LogP contribution in [-0.4, -0.2) is 4.98 Å². The van der Waals surface area contributed by atoms with Crippen molar-refractivity contribution in [1.82, 2.24) is 4.98 Å². The molecular formula is C7H4BrClF2IN. The van der Waals surface area contributed by atoms with Gasteiger partial charge in [0.05, 0.1) is 11.4 Å². The van der Waals surface area contributed by atoms with E-state index in [1.165, 1.54) is 0 Å². The lowest BCUT2D eigenvalue weighted by Gasteiger charge is -2.07. The summed E-state index contributed by atoms with van der Waals surface area (Å²) in [7, 11) is 0. The molecule has 0 atom stereocenters. The summed E-state index contributed by atoms with van der Waals surface area (Å²) in [6.07, 6.45) is -1.37. The Balaban J connectivity index is 3.27. The van der Waals surface area contributed by atoms with E-state index in [1.807, 2.05) is 22.6 Å². The number of alkyl halides is 3. The molecule has 0 saturated heterocycles. The van der Waals surface area contributed by atoms with Crippen molar-refractivity contribution in [2.45, 2.75) is 12.3 Å². The Labute approximate surface area is 101 Å². The van der Waals surface area contributed by atoms with Gasteiger partial charge >= 0.3 is 0 Å². The molecule has 0 radical (unpaired) electrons. The minimum absolute atomic E-state index is 0.115. The van der Waals surface area contributed by atoms with Crippen LogP contribution < -0.4 is 0 Å². The highest BCUT2D eigenvalue weighted by Crippen LogP contribution is 2.32. The molecule has 0 aliphatic heterocycles. The maximum absolute atomic E-state index is 12.4. The van der Waals surface area contributed by atoms with Crippen LogP contribution in [0.3, 0.4) is 0 Å². The van der Waals surface area contributed by atoms with Crippen molar-refractivity contribution in [2.75, 3.05) is 0 Å². The van der Waals surface area contributed by atoms with Gasteiger partial charge in [-0.25, -0.2) is 13.8 Å². The number of hydrogen-bond acceptors (Lipinski definition) is 1. The molecule has 1 heterocycles. The molecule has 1 rings (SSSR count). The van der Waals surface area contributed by atoms with E-state index in [-0.39, 0.29) is 11.4 Å². The highest BCUT2D eigenvalue weighted by atomic mass is 127. The molecule has 0 fully saturated rings. The van der Waals surface area contributed by atoms with Crippen molar-refractivity contribution in [3.63, 3.8) is 0 Å². The quantitative estimate of drug-likeness (QED) is 0.426. The molecule has 6 heteroatoms. The third kappa shape index (κ3) is 2.50. The molecule has 1 aromatic rings. The molecular weight excluding hydrogens is 378 g/mol. The zero-order chi connectivity index (χ0) is 10.0. The standard InChI is InChI=1S/C7H4BrClF2IN/c8-5-3(1-9)7(12)13-2-4(5)6(10)11/h2,6H,1H2. The van der Waals surface area contributed by atoms with Crippen molar-refractivity contribution >= 4 is 50.1 Å². The van der Waals surface area contributed by atoms with Crippen LogP contribution in [0.5, 0.6) is 0 Å². The molecule has 1 aromatic heterocycles. The maximum Gasteiger partial charge on any atom is 0.266 e. The lowest BCUT2D eigenvalue weighted by atomic mass is 10.2. The summed E-state index contributed by atoms with van der Waals surface area (Å²) in [5.74, 6) is 0.173. The first-order valence-corrected chi connectivity index (χ1v) is 5.65. The van der Waals surface area contributed by atoms with E-state index in [1.54, 1.807) is 0 Å². The average Bonchev–Trinajstić information content (AvgIpc) is 2.04. The molecule has 0 saturated carbocycles. The SMILES string of the molecule is FC(F)c1cnc(I)c(CCl)c1Br. The van der Waals surface area contributed by atoms with Gasteiger partial charge in [0.2, 0.25) is 0 Å². The van der Waals surface area contributed by atoms with E-state index in [0.717, 1.165) is 6.20 Å². The van der Waals surface area contributed by atoms with Gasteiger partial charge in [-0.3, -0.25) is 0 Å². The lowest BCUT2D eigenvalue weighted by Crippen LogP contribution is -1.97. The molecule has 72 valence electrons. The molecule has 0 N–H and O–H groups in total. The van der Waals surface area contributed by atoms with Gasteiger partial charge in [-0.15, -0.1) is 11.6 Å². The van der Waals surface area contributed by atoms with Crippen molar-refractivity contribution in [1.29, 1.82) is 0 Å². The van der Waals surface area contributed by atoms with Crippen molar-refractivity contribution < 1.29 is 8.78 Å². The van der Waals surface area contributed by atoms with E-state index >= 15 is 0 Å². The average molecular weight is 382 g/mol. The Kier molecular flexibility index (Phi) is 4.31. The van der Waals surface area contributed by atoms with Crippen LogP contribution in [0.25, 0.3) is 0 Å². The first-order valence-electron chi connectivity index (χ1n) is 3.24. The van der Waals surface area contributed by atoms with E-state index in [0.29, 0.717) is 13.7 Å². The van der Waals surface area contributed by atoms with E-state index in [9.17, 15) is 8.78 Å². The van der Waals surface area contributed by atoms with Gasteiger partial charge < -0.3 is 0 Å². The summed E-state index contributed by atoms with van der Waals surface area (Å²) in [6, 6.07) is 0. The van der Waals surface area contributed by atoms with Gasteiger partial charge in [-0.2, -0.15) is 0 Å². The van der Waals surface area contributed by atoms with E-state index in [2.05, 4.69) is 20.9 Å². The van der Waals surface area contributed by atoms with Gasteiger partial charge in [0, 0.05) is 16.2 Å². The van der Waals surface area contributed by atoms with Gasteiger partial charge in [0.1, 0.15) is 3.70 Å². The molecule has 1 nitrogen and oxygen atoms in total. The zero-order valence-electron chi connectivity index (χ0n) is 6.20. The normalized spacial score (nSPS) is 10.9. The fourth-order valence-corrected chi connectivity index (χ4v) is 3.01. The second kappa shape index (κ2) is 4.84. The monoisotopic (exact) mass is 381 g/mol. The molecule has 0 aliphatic rings. The van der Waals surface area contributed by atoms with Crippen LogP contribution >= 0.6 is 50.1 Å². The predicted octanol–water partition coefficient (Wildman–Crippen LogP) is 4.13. The lowest BCUT2D eigenvalue weighted by molar-refractivity contribution is 0.150. The summed E-state index contributed by atoms with van der Waals surface area (Å²) < 4.78 is 25.7. The molecule has 13 heavy (non-hydrogen) atoms. The van der Waals surface area contributed by atoms with Gasteiger partial charge in [0.25, 0.3) is 6.43 Å². The van der Waals surface area contributed by atoms with Gasteiger partial charge in [-0.05, 0) is 38.5 Å². The Bertz CT molecular complexity index is 322. The number of halogens is 5. The number of rotatable bonds is 2. The van der Waals surface area contributed by atoms with Crippen molar-refractivity contribution in [3.05, 3.63) is 25.5 Å². The highest BCUT2D eigenvalue weighted by Gasteiger charge is 2.16. The summed E-state index contributed by atoms with van der Waals surface area (Å²) >= 11 is 10.6. The Morgan fingerprint density at radius 2 is 2.23 bits per heavy atom. The number of pyridine rings is 1. The third-order valence-corrected chi connectivity index (χ3v) is 3.59. The van der Waals surface area contributed by atoms with Crippen LogP contribution in [0.1, 0.15) is 17.6 Å². The largest absolute Gasteiger partial charge is 0.266 e. The van der Waals surface area contributed by atoms with E-state index in [4.69, 9.17) is 11.6 Å². The number of hydrogen-bond donors (Lipinski definition) is 0. The van der Waals surface area contributed by atoms with Crippen molar-refractivity contribution in [3.8, 4) is 0 Å². The van der Waals surface area contributed by atoms with Crippen LogP contribution in [-0.2, 0) is 5.88 Å². The van der Waals surface area contributed by atoms with Crippen LogP contribution in [0.4, 0.5) is 8.78 Å². The molecule has 0 aromatic carbocycles. The number of nitrogens with zero attached hydrogens (tertiary/aromatic N) is 1. The van der Waals surface area contributed by atoms with Crippen molar-refractivity contribution in [2.24, 2.45) is 0 Å². The summed E-state index contributed by atoms with van der Waals surface area (Å²) in [5.41, 5.74) is 0.496. The highest BCUT2D eigenvalue weighted by molar-refractivity contribution is 14.1. The third-order valence-electron chi connectivity index (χ3n) is 1.45. The van der Waals surface area contributed by atoms with Gasteiger partial charge in [0.15, 0.2) is 0 Å². The second-order valence-corrected chi connectivity index (χ2v) is 4.31. The van der Waals surface area contributed by atoms with Crippen LogP contribution in [0.15, 0.2) is 10.7 Å². The molecule has 0 amide bonds. The first-order chi connectivity index (χ1) is 6.07. The summed E-state index contributed by atoms with van der Waals surface area (Å²) in [6.45, 7) is 0. The maximum atomic E-state index is 12.4. The molecule has 0 spiro atoms. The smallest absolute Gasteiger partial charge is 0.249 e. The van der Waals surface area contributed by atoms with Crippen LogP contribution in [0, 0.1) is 3.70 Å². The van der Waals surface area contributed by atoms with E-state index < -0.39 is 6.43 Å². The zero-order valence-corrected chi connectivity index (χ0v) is 10.7. The fraction of sp³-hybridized carbons (Fsp3) is 0.286. The van der Waals surface area contributed by atoms with Gasteiger partial charge in [-0.1, -0.05) is 0 Å². The molecule has 0 unspecified atom stereocenters. The predicted molar refractivity (Wildman–Crippen MR) is 59.2 cm³/mol. The van der Waals surface area contributed by atoms with Crippen LogP contribution in [0.2, 0.25) is 0 Å².